The molecule has 21 heavy (non-hydrogen) atoms. The first kappa shape index (κ1) is 8.44. The Hall–Kier alpha value is -2.01. The van der Waals surface area contributed by atoms with Crippen LogP contribution >= 0.6 is 0 Å². The van der Waals surface area contributed by atoms with Gasteiger partial charge in [-0.1, -0.05) is 6.04 Å². The second-order valence-electron chi connectivity index (χ2n) is 5.40. The molecule has 112 valence electrons. The van der Waals surface area contributed by atoms with Gasteiger partial charge in [0.05, 0.1) is 11.5 Å². The molecule has 5 nitrogen and oxygen atoms in total. The number of carbonyl (C=O) groups is 1. The zero-order valence-corrected chi connectivity index (χ0v) is 12.1. The summed E-state index contributed by atoms with van der Waals surface area (Å²) in [5.41, 5.74) is 0.800. The van der Waals surface area contributed by atoms with Gasteiger partial charge in [-0.05, 0) is 50.1 Å². The maximum absolute atomic E-state index is 11.4. The SMILES string of the molecule is [2H]c1c(C[C@H]2COC(=O)N2[2H])c([2H])c2c(CCN(C)C)c([2H])n([2H])c2c1[2H]. The number of fused-ring (bicyclic) bond motifs is 1. The number of hydrogen-bond acceptors (Lipinski definition) is 3. The molecule has 1 saturated heterocycles. The number of ether oxygens (including phenoxy) is 1. The molecule has 0 aliphatic carbocycles. The van der Waals surface area contributed by atoms with Crippen molar-refractivity contribution in [2.24, 2.45) is 0 Å². The number of cyclic esters (lactones) is 1. The normalized spacial score (nSPS) is 22.7. The first-order valence-corrected chi connectivity index (χ1v) is 6.86. The van der Waals surface area contributed by atoms with Crippen LogP contribution in [0.4, 0.5) is 4.79 Å². The highest BCUT2D eigenvalue weighted by atomic mass is 16.6. The van der Waals surface area contributed by atoms with Crippen LogP contribution in [0.15, 0.2) is 24.3 Å². The Bertz CT molecular complexity index is 914. The molecule has 2 aromatic rings. The van der Waals surface area contributed by atoms with Crippen molar-refractivity contribution in [3.8, 4) is 0 Å². The number of nitrogens with zero attached hydrogens (tertiary/aromatic N) is 1. The van der Waals surface area contributed by atoms with E-state index >= 15 is 0 Å². The minimum atomic E-state index is -0.775. The third kappa shape index (κ3) is 3.19. The van der Waals surface area contributed by atoms with Crippen molar-refractivity contribution in [2.75, 3.05) is 27.2 Å². The van der Waals surface area contributed by atoms with Gasteiger partial charge in [-0.25, -0.2) is 4.79 Å². The van der Waals surface area contributed by atoms with Gasteiger partial charge >= 0.3 is 6.09 Å². The lowest BCUT2D eigenvalue weighted by atomic mass is 10.0. The van der Waals surface area contributed by atoms with Crippen molar-refractivity contribution in [1.29, 1.82) is 0 Å². The van der Waals surface area contributed by atoms with Crippen molar-refractivity contribution < 1.29 is 17.8 Å². The lowest BCUT2D eigenvalue weighted by Gasteiger charge is -2.09. The maximum Gasteiger partial charge on any atom is 0.407 e. The highest BCUT2D eigenvalue weighted by Gasteiger charge is 2.22. The molecule has 2 N–H and O–H groups in total. The molecule has 1 fully saturated rings. The number of aromatic amines is 1. The Morgan fingerprint density at radius 2 is 2.38 bits per heavy atom. The van der Waals surface area contributed by atoms with Crippen molar-refractivity contribution in [1.82, 2.24) is 15.2 Å². The zero-order chi connectivity index (χ0) is 20.0. The van der Waals surface area contributed by atoms with E-state index in [-0.39, 0.29) is 48.4 Å². The minimum Gasteiger partial charge on any atom is -0.447 e. The van der Waals surface area contributed by atoms with Crippen molar-refractivity contribution in [3.63, 3.8) is 0 Å². The van der Waals surface area contributed by atoms with Gasteiger partial charge in [-0.2, -0.15) is 0 Å². The van der Waals surface area contributed by atoms with Crippen LogP contribution in [0.2, 0.25) is 2.82 Å². The maximum atomic E-state index is 11.4. The van der Waals surface area contributed by atoms with E-state index in [2.05, 4.69) is 0 Å². The van der Waals surface area contributed by atoms with Crippen molar-refractivity contribution in [2.45, 2.75) is 18.9 Å². The van der Waals surface area contributed by atoms with E-state index in [1.807, 2.05) is 19.0 Å². The molecule has 5 heteroatoms. The predicted octanol–water partition coefficient (Wildman–Crippen LogP) is 1.92. The molecule has 1 aromatic heterocycles. The summed E-state index contributed by atoms with van der Waals surface area (Å²) >= 11 is 0. The fourth-order valence-corrected chi connectivity index (χ4v) is 2.27. The fourth-order valence-electron chi connectivity index (χ4n) is 2.27. The second-order valence-corrected chi connectivity index (χ2v) is 5.40. The molecule has 0 radical (unpaired) electrons. The first-order chi connectivity index (χ1) is 12.6. The van der Waals surface area contributed by atoms with Crippen LogP contribution in [-0.2, 0) is 17.6 Å². The number of likely N-dealkylation sites (N-methyl/N-ethyl adjacent to an activating group) is 1. The van der Waals surface area contributed by atoms with Crippen LogP contribution in [0.3, 0.4) is 0 Å². The molecule has 0 bridgehead atoms. The number of carbonyl (C=O) groups excluding carboxylic acids is 1. The summed E-state index contributed by atoms with van der Waals surface area (Å²) in [4.78, 5) is 14.1. The zero-order valence-electron chi connectivity index (χ0n) is 18.1. The number of rotatable bonds is 5. The largest absolute Gasteiger partial charge is 0.447 e. The molecule has 1 aliphatic heterocycles. The highest BCUT2D eigenvalue weighted by Crippen LogP contribution is 2.21. The number of alkyl carbamates (subject to hydrolysis) is 1. The van der Waals surface area contributed by atoms with Crippen LogP contribution < -0.4 is 5.31 Å². The summed E-state index contributed by atoms with van der Waals surface area (Å²) in [6.07, 6.45) is -0.390. The van der Waals surface area contributed by atoms with Gasteiger partial charge in [0.15, 0.2) is 2.82 Å². The number of amides is 1. The molecule has 1 amide bonds. The second kappa shape index (κ2) is 5.77. The molecule has 1 aliphatic rings. The molecule has 2 heterocycles. The Balaban J connectivity index is 2.15. The van der Waals surface area contributed by atoms with Crippen molar-refractivity contribution >= 4 is 17.0 Å². The number of aromatic nitrogens is 1. The van der Waals surface area contributed by atoms with Crippen LogP contribution in [0.25, 0.3) is 10.9 Å². The van der Waals surface area contributed by atoms with E-state index < -0.39 is 12.1 Å². The van der Waals surface area contributed by atoms with Gasteiger partial charge < -0.3 is 19.9 Å². The lowest BCUT2D eigenvalue weighted by molar-refractivity contribution is 0.177. The molecular formula is C16H21N3O2. The monoisotopic (exact) mass is 293 g/mol. The Labute approximate surface area is 132 Å². The molecule has 1 aromatic carbocycles. The minimum absolute atomic E-state index is 0.0107. The third-order valence-corrected chi connectivity index (χ3v) is 3.38. The van der Waals surface area contributed by atoms with Gasteiger partial charge in [0.2, 0.25) is 0 Å². The standard InChI is InChI=1S/C16H21N3O2/c1-19(2)6-5-12-9-17-15-4-3-11(8-14(12)15)7-13-10-21-16(20)18-13/h3-4,8-9,13,17H,5-7,10H2,1-2H3,(H,18,20)/t13-/m0/s1/i3D,4D,8D,9D/hD2. The fraction of sp³-hybridized carbons (Fsp3) is 0.438. The average molecular weight is 293 g/mol. The van der Waals surface area contributed by atoms with Crippen LogP contribution in [0, 0.1) is 0 Å². The van der Waals surface area contributed by atoms with E-state index in [0.717, 1.165) is 4.98 Å². The van der Waals surface area contributed by atoms with E-state index in [0.29, 0.717) is 29.2 Å². The summed E-state index contributed by atoms with van der Waals surface area (Å²) in [6, 6.07) is -1.10. The van der Waals surface area contributed by atoms with Crippen LogP contribution in [-0.4, -0.2) is 49.3 Å². The Morgan fingerprint density at radius 1 is 1.52 bits per heavy atom. The van der Waals surface area contributed by atoms with Crippen LogP contribution in [0.5, 0.6) is 0 Å². The van der Waals surface area contributed by atoms with Crippen LogP contribution in [0.1, 0.15) is 16.6 Å². The smallest absolute Gasteiger partial charge is 0.407 e. The molecule has 0 saturated carbocycles. The first-order valence-electron chi connectivity index (χ1n) is 9.75. The molecule has 3 rings (SSSR count). The lowest BCUT2D eigenvalue weighted by Crippen LogP contribution is -2.28. The average Bonchev–Trinajstić information content (AvgIpc) is 3.06. The van der Waals surface area contributed by atoms with Gasteiger partial charge in [0, 0.05) is 23.6 Å². The number of hydrogen-bond donors (Lipinski definition) is 2. The predicted molar refractivity (Wildman–Crippen MR) is 82.5 cm³/mol. The highest BCUT2D eigenvalue weighted by molar-refractivity contribution is 5.84. The topological polar surface area (TPSA) is 57.4 Å². The van der Waals surface area contributed by atoms with Gasteiger partial charge in [-0.15, -0.1) is 0 Å². The quantitative estimate of drug-likeness (QED) is 0.885. The molecule has 0 spiro atoms. The summed E-state index contributed by atoms with van der Waals surface area (Å²) in [6.45, 7) is 0.602. The number of H-pyrrole nitrogens is 1. The van der Waals surface area contributed by atoms with E-state index in [9.17, 15) is 4.79 Å². The summed E-state index contributed by atoms with van der Waals surface area (Å²) in [5.74, 6) is 0. The van der Waals surface area contributed by atoms with Gasteiger partial charge in [0.1, 0.15) is 6.61 Å². The Kier molecular flexibility index (Phi) is 2.32. The molecule has 1 atom stereocenters. The summed E-state index contributed by atoms with van der Waals surface area (Å²) in [7, 11) is 3.77. The van der Waals surface area contributed by atoms with E-state index in [4.69, 9.17) is 13.0 Å². The van der Waals surface area contributed by atoms with Gasteiger partial charge in [0.25, 0.3) is 0 Å². The summed E-state index contributed by atoms with van der Waals surface area (Å²) in [5, 5.41) is 1.01. The molecule has 0 unspecified atom stereocenters. The number of nitrogens with one attached hydrogen (secondary N) is 2. The third-order valence-electron chi connectivity index (χ3n) is 3.38. The Morgan fingerprint density at radius 3 is 3.10 bits per heavy atom. The van der Waals surface area contributed by atoms with E-state index in [1.54, 1.807) is 0 Å². The van der Waals surface area contributed by atoms with Crippen molar-refractivity contribution in [3.05, 3.63) is 35.4 Å². The van der Waals surface area contributed by atoms with Gasteiger partial charge in [-0.3, -0.25) is 0 Å². The summed E-state index contributed by atoms with van der Waals surface area (Å²) < 4.78 is 54.0. The van der Waals surface area contributed by atoms with E-state index in [1.165, 1.54) is 0 Å². The number of benzene rings is 1. The molecular weight excluding hydrogens is 266 g/mol.